The molecule has 0 aliphatic heterocycles. The summed E-state index contributed by atoms with van der Waals surface area (Å²) in [5, 5.41) is 0. The van der Waals surface area contributed by atoms with E-state index in [-0.39, 0.29) is 31.1 Å². The number of allylic oxidation sites excluding steroid dienone is 8. The third-order valence-electron chi connectivity index (χ3n) is 16.3. The Morgan fingerprint density at radius 3 is 0.704 bits per heavy atom. The Hall–Kier alpha value is -2.63. The van der Waals surface area contributed by atoms with E-state index in [1.54, 1.807) is 0 Å². The van der Waals surface area contributed by atoms with Crippen molar-refractivity contribution in [3.63, 3.8) is 0 Å². The maximum Gasteiger partial charge on any atom is 0.306 e. The van der Waals surface area contributed by atoms with Crippen molar-refractivity contribution in [2.75, 3.05) is 13.2 Å². The summed E-state index contributed by atoms with van der Waals surface area (Å²) in [5.74, 6) is -0.845. The van der Waals surface area contributed by atoms with Crippen LogP contribution in [-0.4, -0.2) is 37.2 Å². The van der Waals surface area contributed by atoms with Gasteiger partial charge in [-0.25, -0.2) is 0 Å². The molecule has 0 fully saturated rings. The van der Waals surface area contributed by atoms with Gasteiger partial charge in [0.15, 0.2) is 6.10 Å². The number of unbranched alkanes of at least 4 members (excludes halogenated alkanes) is 48. The van der Waals surface area contributed by atoms with Gasteiger partial charge in [0.05, 0.1) is 0 Å². The molecule has 0 N–H and O–H groups in total. The SMILES string of the molecule is CCCCCCC/C=C\C/C=C\C/C=C\CCCCCCCCCCCCCCCCCCC(=O)OCC(COC(=O)CCCCCCCCCCCCC)OC(=O)CCCCCCCCCCC/C=C\CCCCCCCCCC. The Balaban J connectivity index is 4.15. The molecule has 0 heterocycles. The third kappa shape index (κ3) is 68.0. The second-order valence-corrected chi connectivity index (χ2v) is 24.5. The molecule has 1 atom stereocenters. The van der Waals surface area contributed by atoms with Gasteiger partial charge in [-0.3, -0.25) is 14.4 Å². The van der Waals surface area contributed by atoms with E-state index in [1.165, 1.54) is 283 Å². The van der Waals surface area contributed by atoms with Gasteiger partial charge in [0.1, 0.15) is 13.2 Å². The lowest BCUT2D eigenvalue weighted by atomic mass is 10.0. The normalized spacial score (nSPS) is 12.3. The quantitative estimate of drug-likeness (QED) is 0.0261. The molecule has 474 valence electrons. The van der Waals surface area contributed by atoms with Gasteiger partial charge in [0.2, 0.25) is 0 Å². The number of ether oxygens (including phenoxy) is 3. The van der Waals surface area contributed by atoms with Gasteiger partial charge >= 0.3 is 17.9 Å². The molecule has 6 nitrogen and oxygen atoms in total. The van der Waals surface area contributed by atoms with Crippen LogP contribution in [0.15, 0.2) is 48.6 Å². The molecule has 0 aliphatic rings. The van der Waals surface area contributed by atoms with Gasteiger partial charge in [-0.05, 0) is 83.5 Å². The van der Waals surface area contributed by atoms with Crippen molar-refractivity contribution in [2.45, 2.75) is 399 Å². The molecule has 0 spiro atoms. The average molecular weight is 1140 g/mol. The molecule has 1 unspecified atom stereocenters. The Morgan fingerprint density at radius 1 is 0.247 bits per heavy atom. The minimum Gasteiger partial charge on any atom is -0.462 e. The van der Waals surface area contributed by atoms with Crippen LogP contribution in [0.5, 0.6) is 0 Å². The maximum absolute atomic E-state index is 12.9. The van der Waals surface area contributed by atoms with Crippen molar-refractivity contribution in [3.05, 3.63) is 48.6 Å². The zero-order valence-corrected chi connectivity index (χ0v) is 54.6. The lowest BCUT2D eigenvalue weighted by Gasteiger charge is -2.18. The van der Waals surface area contributed by atoms with Crippen molar-refractivity contribution in [2.24, 2.45) is 0 Å². The van der Waals surface area contributed by atoms with Crippen LogP contribution in [0, 0.1) is 0 Å². The van der Waals surface area contributed by atoms with Gasteiger partial charge in [0, 0.05) is 19.3 Å². The molecular formula is C75H138O6. The van der Waals surface area contributed by atoms with Gasteiger partial charge in [-0.15, -0.1) is 0 Å². The smallest absolute Gasteiger partial charge is 0.306 e. The summed E-state index contributed by atoms with van der Waals surface area (Å²) in [5.41, 5.74) is 0. The minimum atomic E-state index is -0.772. The molecule has 0 aromatic carbocycles. The molecular weight excluding hydrogens is 997 g/mol. The standard InChI is InChI=1S/C75H138O6/c1-4-7-10-13-16-19-22-24-26-28-30-32-33-34-35-36-37-38-39-40-41-43-44-46-48-50-53-56-59-62-65-68-74(77)80-71-72(70-79-73(76)67-64-61-58-55-52-21-18-15-12-9-6-3)81-75(78)69-66-63-60-57-54-51-49-47-45-42-31-29-27-25-23-20-17-14-11-8-5-2/h22,24,28-31,33-34,72H,4-21,23,25-27,32,35-71H2,1-3H3/b24-22-,30-28-,31-29-,34-33-. The summed E-state index contributed by atoms with van der Waals surface area (Å²) in [7, 11) is 0. The van der Waals surface area contributed by atoms with Crippen LogP contribution in [-0.2, 0) is 28.6 Å². The predicted octanol–water partition coefficient (Wildman–Crippen LogP) is 24.9. The molecule has 81 heavy (non-hydrogen) atoms. The highest BCUT2D eigenvalue weighted by Gasteiger charge is 2.19. The molecule has 0 amide bonds. The highest BCUT2D eigenvalue weighted by molar-refractivity contribution is 5.71. The van der Waals surface area contributed by atoms with E-state index in [4.69, 9.17) is 14.2 Å². The van der Waals surface area contributed by atoms with E-state index in [9.17, 15) is 14.4 Å². The number of rotatable bonds is 67. The summed E-state index contributed by atoms with van der Waals surface area (Å²) in [6, 6.07) is 0. The van der Waals surface area contributed by atoms with Gasteiger partial charge in [-0.1, -0.05) is 339 Å². The summed E-state index contributed by atoms with van der Waals surface area (Å²) >= 11 is 0. The van der Waals surface area contributed by atoms with Crippen LogP contribution in [0.2, 0.25) is 0 Å². The van der Waals surface area contributed by atoms with E-state index >= 15 is 0 Å². The fourth-order valence-corrected chi connectivity index (χ4v) is 10.9. The molecule has 0 radical (unpaired) electrons. The molecule has 0 aromatic rings. The van der Waals surface area contributed by atoms with E-state index in [0.29, 0.717) is 19.3 Å². The summed E-state index contributed by atoms with van der Waals surface area (Å²) in [6.07, 6.45) is 88.7. The molecule has 0 aromatic heterocycles. The Kier molecular flexibility index (Phi) is 67.6. The summed E-state index contributed by atoms with van der Waals surface area (Å²) < 4.78 is 17.0. The fraction of sp³-hybridized carbons (Fsp3) is 0.853. The molecule has 6 heteroatoms. The molecule has 0 rings (SSSR count). The number of hydrogen-bond acceptors (Lipinski definition) is 6. The minimum absolute atomic E-state index is 0.0684. The molecule has 0 saturated carbocycles. The number of carbonyl (C=O) groups excluding carboxylic acids is 3. The first-order valence-corrected chi connectivity index (χ1v) is 36.1. The Bertz CT molecular complexity index is 1400. The highest BCUT2D eigenvalue weighted by atomic mass is 16.6. The predicted molar refractivity (Wildman–Crippen MR) is 353 cm³/mol. The lowest BCUT2D eigenvalue weighted by Crippen LogP contribution is -2.30. The van der Waals surface area contributed by atoms with Crippen molar-refractivity contribution in [1.82, 2.24) is 0 Å². The van der Waals surface area contributed by atoms with E-state index in [2.05, 4.69) is 69.4 Å². The van der Waals surface area contributed by atoms with Gasteiger partial charge in [-0.2, -0.15) is 0 Å². The molecule has 0 saturated heterocycles. The van der Waals surface area contributed by atoms with Crippen molar-refractivity contribution in [3.8, 4) is 0 Å². The third-order valence-corrected chi connectivity index (χ3v) is 16.3. The Morgan fingerprint density at radius 2 is 0.444 bits per heavy atom. The first kappa shape index (κ1) is 78.4. The summed E-state index contributed by atoms with van der Waals surface area (Å²) in [4.78, 5) is 38.4. The van der Waals surface area contributed by atoms with E-state index in [1.807, 2.05) is 0 Å². The van der Waals surface area contributed by atoms with Gasteiger partial charge in [0.25, 0.3) is 0 Å². The highest BCUT2D eigenvalue weighted by Crippen LogP contribution is 2.18. The first-order valence-electron chi connectivity index (χ1n) is 36.1. The van der Waals surface area contributed by atoms with Crippen molar-refractivity contribution < 1.29 is 28.6 Å². The van der Waals surface area contributed by atoms with Crippen LogP contribution >= 0.6 is 0 Å². The van der Waals surface area contributed by atoms with Gasteiger partial charge < -0.3 is 14.2 Å². The summed E-state index contributed by atoms with van der Waals surface area (Å²) in [6.45, 7) is 6.68. The zero-order chi connectivity index (χ0) is 58.5. The van der Waals surface area contributed by atoms with Crippen molar-refractivity contribution >= 4 is 17.9 Å². The fourth-order valence-electron chi connectivity index (χ4n) is 10.9. The average Bonchev–Trinajstić information content (AvgIpc) is 3.47. The number of hydrogen-bond donors (Lipinski definition) is 0. The second kappa shape index (κ2) is 69.9. The zero-order valence-electron chi connectivity index (χ0n) is 54.6. The van der Waals surface area contributed by atoms with Crippen LogP contribution < -0.4 is 0 Å². The topological polar surface area (TPSA) is 78.9 Å². The van der Waals surface area contributed by atoms with Crippen LogP contribution in [0.25, 0.3) is 0 Å². The van der Waals surface area contributed by atoms with E-state index < -0.39 is 6.10 Å². The lowest BCUT2D eigenvalue weighted by molar-refractivity contribution is -0.167. The van der Waals surface area contributed by atoms with E-state index in [0.717, 1.165) is 70.6 Å². The maximum atomic E-state index is 12.9. The van der Waals surface area contributed by atoms with Crippen LogP contribution in [0.1, 0.15) is 393 Å². The van der Waals surface area contributed by atoms with Crippen LogP contribution in [0.4, 0.5) is 0 Å². The number of esters is 3. The largest absolute Gasteiger partial charge is 0.462 e. The number of carbonyl (C=O) groups is 3. The first-order chi connectivity index (χ1) is 40.0. The molecule has 0 aliphatic carbocycles. The van der Waals surface area contributed by atoms with Crippen molar-refractivity contribution in [1.29, 1.82) is 0 Å². The monoisotopic (exact) mass is 1140 g/mol. The second-order valence-electron chi connectivity index (χ2n) is 24.5. The van der Waals surface area contributed by atoms with Crippen LogP contribution in [0.3, 0.4) is 0 Å². The molecule has 0 bridgehead atoms. The Labute approximate surface area is 505 Å².